The van der Waals surface area contributed by atoms with Crippen LogP contribution >= 0.6 is 0 Å². The summed E-state index contributed by atoms with van der Waals surface area (Å²) in [7, 11) is 1.65. The summed E-state index contributed by atoms with van der Waals surface area (Å²) < 4.78 is 22.4. The van der Waals surface area contributed by atoms with Crippen molar-refractivity contribution in [2.24, 2.45) is 0 Å². The molecule has 2 aromatic carbocycles. The number of ether oxygens (including phenoxy) is 1. The first-order chi connectivity index (χ1) is 14.8. The van der Waals surface area contributed by atoms with E-state index in [1.165, 1.54) is 17.0 Å². The van der Waals surface area contributed by atoms with Crippen molar-refractivity contribution in [2.45, 2.75) is 13.0 Å². The Morgan fingerprint density at radius 1 is 1.32 bits per heavy atom. The van der Waals surface area contributed by atoms with E-state index in [0.29, 0.717) is 28.9 Å². The van der Waals surface area contributed by atoms with Crippen molar-refractivity contribution in [3.63, 3.8) is 0 Å². The molecule has 0 unspecified atom stereocenters. The van der Waals surface area contributed by atoms with E-state index in [1.54, 1.807) is 24.0 Å². The SMILES string of the molecule is C=C(C)c1ccc2c(c1)OC[C@H]2N(C)C(=O)c1cc2c(cc1F)nc(N)c1cncn12. The maximum Gasteiger partial charge on any atom is 0.257 e. The molecular formula is C23H20FN5O2. The monoisotopic (exact) mass is 417 g/mol. The zero-order valence-corrected chi connectivity index (χ0v) is 17.1. The molecule has 31 heavy (non-hydrogen) atoms. The number of fused-ring (bicyclic) bond motifs is 4. The zero-order chi connectivity index (χ0) is 21.9. The second kappa shape index (κ2) is 6.80. The smallest absolute Gasteiger partial charge is 0.257 e. The first-order valence-corrected chi connectivity index (χ1v) is 9.75. The number of aromatic nitrogens is 3. The van der Waals surface area contributed by atoms with Crippen molar-refractivity contribution in [2.75, 3.05) is 19.4 Å². The first-order valence-electron chi connectivity index (χ1n) is 9.75. The molecule has 1 atom stereocenters. The van der Waals surface area contributed by atoms with Gasteiger partial charge >= 0.3 is 0 Å². The van der Waals surface area contributed by atoms with Gasteiger partial charge in [0.15, 0.2) is 0 Å². The third-order valence-corrected chi connectivity index (χ3v) is 5.75. The summed E-state index contributed by atoms with van der Waals surface area (Å²) >= 11 is 0. The van der Waals surface area contributed by atoms with E-state index in [9.17, 15) is 9.18 Å². The number of rotatable bonds is 3. The molecule has 0 bridgehead atoms. The highest BCUT2D eigenvalue weighted by atomic mass is 19.1. The van der Waals surface area contributed by atoms with Gasteiger partial charge in [-0.2, -0.15) is 0 Å². The molecule has 7 nitrogen and oxygen atoms in total. The van der Waals surface area contributed by atoms with Gasteiger partial charge in [0, 0.05) is 18.7 Å². The van der Waals surface area contributed by atoms with Crippen molar-refractivity contribution in [1.29, 1.82) is 0 Å². The number of anilines is 1. The molecule has 1 aliphatic rings. The third-order valence-electron chi connectivity index (χ3n) is 5.75. The van der Waals surface area contributed by atoms with Crippen molar-refractivity contribution < 1.29 is 13.9 Å². The molecule has 5 rings (SSSR count). The summed E-state index contributed by atoms with van der Waals surface area (Å²) in [6, 6.07) is 8.19. The van der Waals surface area contributed by atoms with Crippen LogP contribution in [-0.2, 0) is 0 Å². The minimum atomic E-state index is -0.660. The van der Waals surface area contributed by atoms with Crippen LogP contribution in [0.25, 0.3) is 22.1 Å². The zero-order valence-electron chi connectivity index (χ0n) is 17.1. The van der Waals surface area contributed by atoms with Crippen LogP contribution in [0.3, 0.4) is 0 Å². The van der Waals surface area contributed by atoms with E-state index >= 15 is 0 Å². The lowest BCUT2D eigenvalue weighted by atomic mass is 10.0. The highest BCUT2D eigenvalue weighted by Gasteiger charge is 2.32. The Labute approximate surface area is 177 Å². The Morgan fingerprint density at radius 2 is 2.13 bits per heavy atom. The molecule has 0 saturated carbocycles. The molecule has 0 aliphatic carbocycles. The molecule has 4 aromatic rings. The van der Waals surface area contributed by atoms with Crippen LogP contribution in [0.2, 0.25) is 0 Å². The number of benzene rings is 2. The number of hydrogen-bond acceptors (Lipinski definition) is 5. The predicted molar refractivity (Wildman–Crippen MR) is 116 cm³/mol. The van der Waals surface area contributed by atoms with E-state index in [2.05, 4.69) is 16.5 Å². The number of nitrogens with two attached hydrogens (primary N) is 1. The molecule has 0 radical (unpaired) electrons. The number of carbonyl (C=O) groups excluding carboxylic acids is 1. The second-order valence-electron chi connectivity index (χ2n) is 7.74. The maximum atomic E-state index is 14.9. The summed E-state index contributed by atoms with van der Waals surface area (Å²) in [6.45, 7) is 6.17. The fourth-order valence-corrected chi connectivity index (χ4v) is 3.97. The lowest BCUT2D eigenvalue weighted by molar-refractivity contribution is 0.0704. The van der Waals surface area contributed by atoms with E-state index < -0.39 is 11.7 Å². The van der Waals surface area contributed by atoms with Gasteiger partial charge in [0.2, 0.25) is 0 Å². The molecule has 156 valence electrons. The number of hydrogen-bond donors (Lipinski definition) is 1. The largest absolute Gasteiger partial charge is 0.491 e. The van der Waals surface area contributed by atoms with Crippen LogP contribution in [0.4, 0.5) is 10.2 Å². The number of likely N-dealkylation sites (N-methyl/N-ethyl adjacent to an activating group) is 1. The number of allylic oxidation sites excluding steroid dienone is 1. The molecule has 2 N–H and O–H groups in total. The van der Waals surface area contributed by atoms with Crippen LogP contribution in [0.1, 0.15) is 34.5 Å². The van der Waals surface area contributed by atoms with Gasteiger partial charge in [-0.05, 0) is 24.6 Å². The van der Waals surface area contributed by atoms with Crippen molar-refractivity contribution in [3.05, 3.63) is 71.9 Å². The van der Waals surface area contributed by atoms with Crippen LogP contribution in [0, 0.1) is 5.82 Å². The highest BCUT2D eigenvalue weighted by Crippen LogP contribution is 2.38. The predicted octanol–water partition coefficient (Wildman–Crippen LogP) is 3.84. The van der Waals surface area contributed by atoms with E-state index in [1.807, 2.05) is 25.1 Å². The van der Waals surface area contributed by atoms with Crippen molar-refractivity contribution in [1.82, 2.24) is 19.3 Å². The number of nitrogen functional groups attached to an aromatic ring is 1. The Balaban J connectivity index is 1.54. The average Bonchev–Trinajstić information content (AvgIpc) is 3.39. The van der Waals surface area contributed by atoms with Crippen molar-refractivity contribution in [3.8, 4) is 5.75 Å². The molecule has 0 spiro atoms. The summed E-state index contributed by atoms with van der Waals surface area (Å²) in [6.07, 6.45) is 3.14. The summed E-state index contributed by atoms with van der Waals surface area (Å²) in [5.74, 6) is -0.152. The second-order valence-corrected chi connectivity index (χ2v) is 7.74. The standard InChI is InChI=1S/C23H20FN5O2/c1-12(2)13-4-5-14-20(10-31-21(14)6-13)28(3)23(30)15-7-18-17(8-16(15)24)27-22(25)19-9-26-11-29(18)19/h4-9,11,20H,1,10H2,2-3H3,(H2,25,27)/t20-/m1/s1. The number of imidazole rings is 1. The first kappa shape index (κ1) is 19.0. The Hall–Kier alpha value is -3.94. The lowest BCUT2D eigenvalue weighted by Crippen LogP contribution is -2.32. The lowest BCUT2D eigenvalue weighted by Gasteiger charge is -2.24. The van der Waals surface area contributed by atoms with Gasteiger partial charge in [0.25, 0.3) is 5.91 Å². The Kier molecular flexibility index (Phi) is 4.18. The van der Waals surface area contributed by atoms with E-state index in [-0.39, 0.29) is 17.4 Å². The Bertz CT molecular complexity index is 1390. The molecule has 8 heteroatoms. The van der Waals surface area contributed by atoms with Crippen LogP contribution in [0.5, 0.6) is 5.75 Å². The number of carbonyl (C=O) groups is 1. The van der Waals surface area contributed by atoms with E-state index in [4.69, 9.17) is 10.5 Å². The van der Waals surface area contributed by atoms with Crippen LogP contribution < -0.4 is 10.5 Å². The number of nitrogens with zero attached hydrogens (tertiary/aromatic N) is 4. The number of halogens is 1. The van der Waals surface area contributed by atoms with Gasteiger partial charge in [0.1, 0.15) is 29.5 Å². The average molecular weight is 417 g/mol. The van der Waals surface area contributed by atoms with Crippen molar-refractivity contribution >= 4 is 33.8 Å². The molecule has 3 heterocycles. The fraction of sp³-hybridized carbons (Fsp3) is 0.174. The molecule has 0 saturated heterocycles. The van der Waals surface area contributed by atoms with E-state index in [0.717, 1.165) is 16.7 Å². The third kappa shape index (κ3) is 2.91. The minimum absolute atomic E-state index is 0.0522. The molecule has 1 aliphatic heterocycles. The fourth-order valence-electron chi connectivity index (χ4n) is 3.97. The number of amides is 1. The topological polar surface area (TPSA) is 85.8 Å². The summed E-state index contributed by atoms with van der Waals surface area (Å²) in [4.78, 5) is 23.1. The maximum absolute atomic E-state index is 14.9. The minimum Gasteiger partial charge on any atom is -0.491 e. The highest BCUT2D eigenvalue weighted by molar-refractivity contribution is 5.98. The van der Waals surface area contributed by atoms with Gasteiger partial charge in [-0.15, -0.1) is 0 Å². The summed E-state index contributed by atoms with van der Waals surface area (Å²) in [5, 5.41) is 0. The van der Waals surface area contributed by atoms with Gasteiger partial charge < -0.3 is 15.4 Å². The molecule has 0 fully saturated rings. The van der Waals surface area contributed by atoms with Crippen LogP contribution in [0.15, 0.2) is 49.4 Å². The molecule has 2 aromatic heterocycles. The Morgan fingerprint density at radius 3 is 2.90 bits per heavy atom. The van der Waals surface area contributed by atoms with Gasteiger partial charge in [0.05, 0.1) is 35.2 Å². The summed E-state index contributed by atoms with van der Waals surface area (Å²) in [5.41, 5.74) is 10.2. The molecular weight excluding hydrogens is 397 g/mol. The van der Waals surface area contributed by atoms with Gasteiger partial charge in [-0.3, -0.25) is 9.20 Å². The van der Waals surface area contributed by atoms with Crippen LogP contribution in [-0.4, -0.2) is 38.8 Å². The van der Waals surface area contributed by atoms with Gasteiger partial charge in [-0.25, -0.2) is 14.4 Å². The van der Waals surface area contributed by atoms with Gasteiger partial charge in [-0.1, -0.05) is 24.3 Å². The quantitative estimate of drug-likeness (QED) is 0.547. The normalized spacial score (nSPS) is 15.1. The molecule has 1 amide bonds.